The number of carboxylic acid groups (broad SMARTS) is 1. The van der Waals surface area contributed by atoms with Gasteiger partial charge in [0, 0.05) is 0 Å². The number of carbonyl (C=O) groups is 2. The molecule has 0 aromatic rings. The van der Waals surface area contributed by atoms with E-state index in [0.717, 1.165) is 32.1 Å². The summed E-state index contributed by atoms with van der Waals surface area (Å²) in [6.45, 7) is 1.55. The highest BCUT2D eigenvalue weighted by Crippen LogP contribution is 1.96. The van der Waals surface area contributed by atoms with Crippen LogP contribution in [0.5, 0.6) is 0 Å². The van der Waals surface area contributed by atoms with Crippen molar-refractivity contribution in [1.82, 2.24) is 0 Å². The monoisotopic (exact) mass is 332 g/mol. The van der Waals surface area contributed by atoms with Gasteiger partial charge in [0.05, 0.1) is 6.42 Å². The quantitative estimate of drug-likeness (QED) is 0.390. The summed E-state index contributed by atoms with van der Waals surface area (Å²) >= 11 is 0. The number of hydrogen-bond donors (Lipinski definition) is 1. The van der Waals surface area contributed by atoms with Crippen molar-refractivity contribution in [3.8, 4) is 0 Å². The zero-order valence-corrected chi connectivity index (χ0v) is 14.4. The molecule has 0 spiro atoms. The first-order chi connectivity index (χ1) is 11.7. The van der Waals surface area contributed by atoms with Crippen LogP contribution < -0.4 is 0 Å². The Morgan fingerprint density at radius 3 is 1.58 bits per heavy atom. The Morgan fingerprint density at radius 1 is 0.750 bits per heavy atom. The van der Waals surface area contributed by atoms with Crippen LogP contribution in [0.1, 0.15) is 45.4 Å². The molecule has 0 saturated heterocycles. The summed E-state index contributed by atoms with van der Waals surface area (Å²) in [5.74, 6) is -1.68. The second-order valence-electron chi connectivity index (χ2n) is 4.97. The molecule has 24 heavy (non-hydrogen) atoms. The van der Waals surface area contributed by atoms with Crippen LogP contribution in [0.3, 0.4) is 0 Å². The number of ether oxygens (including phenoxy) is 1. The minimum Gasteiger partial charge on any atom is -0.479 e. The third kappa shape index (κ3) is 17.7. The van der Waals surface area contributed by atoms with Gasteiger partial charge in [0.15, 0.2) is 6.61 Å². The Kier molecular flexibility index (Phi) is 15.3. The molecule has 0 aliphatic heterocycles. The lowest BCUT2D eigenvalue weighted by atomic mass is 10.2. The summed E-state index contributed by atoms with van der Waals surface area (Å²) in [5.41, 5.74) is 0. The average Bonchev–Trinajstić information content (AvgIpc) is 2.56. The third-order valence-electron chi connectivity index (χ3n) is 2.80. The molecule has 4 nitrogen and oxygen atoms in total. The number of hydrogen-bond acceptors (Lipinski definition) is 3. The number of esters is 1. The zero-order chi connectivity index (χ0) is 17.9. The summed E-state index contributed by atoms with van der Waals surface area (Å²) in [5, 5.41) is 8.35. The molecule has 132 valence electrons. The molecule has 0 aliphatic rings. The lowest BCUT2D eigenvalue weighted by Gasteiger charge is -1.97. The molecule has 0 rings (SSSR count). The summed E-state index contributed by atoms with van der Waals surface area (Å²) in [7, 11) is 0. The summed E-state index contributed by atoms with van der Waals surface area (Å²) in [4.78, 5) is 21.3. The summed E-state index contributed by atoms with van der Waals surface area (Å²) in [6.07, 6.45) is 25.3. The van der Waals surface area contributed by atoms with Crippen molar-refractivity contribution in [1.29, 1.82) is 0 Å². The van der Waals surface area contributed by atoms with Crippen LogP contribution in [0.4, 0.5) is 0 Å². The van der Waals surface area contributed by atoms with Crippen LogP contribution in [0.2, 0.25) is 0 Å². The topological polar surface area (TPSA) is 63.6 Å². The Bertz CT molecular complexity index is 482. The third-order valence-corrected chi connectivity index (χ3v) is 2.80. The summed E-state index contributed by atoms with van der Waals surface area (Å²) < 4.78 is 4.50. The van der Waals surface area contributed by atoms with E-state index in [1.54, 1.807) is 6.08 Å². The van der Waals surface area contributed by atoms with Gasteiger partial charge in [-0.1, -0.05) is 67.7 Å². The van der Waals surface area contributed by atoms with Crippen molar-refractivity contribution in [2.75, 3.05) is 6.61 Å². The predicted molar refractivity (Wildman–Crippen MR) is 97.7 cm³/mol. The fourth-order valence-corrected chi connectivity index (χ4v) is 1.63. The number of aliphatic carboxylic acids is 1. The SMILES string of the molecule is CC/C=C\C/C=C\C/C=C\C/C=C\C/C=C\CC(=O)OCC(=O)O. The normalized spacial score (nSPS) is 12.4. The first-order valence-corrected chi connectivity index (χ1v) is 8.29. The number of allylic oxidation sites excluding steroid dienone is 9. The van der Waals surface area contributed by atoms with Gasteiger partial charge < -0.3 is 9.84 Å². The standard InChI is InChI=1S/C20H28O4/c1-2-3-4-5-6-7-8-9-10-11-12-13-14-15-16-17-20(23)24-18-19(21)22/h3-4,6-7,9-10,12-13,15-16H,2,5,8,11,14,17-18H2,1H3,(H,21,22)/b4-3-,7-6-,10-9-,13-12-,16-15-. The van der Waals surface area contributed by atoms with Gasteiger partial charge in [-0.05, 0) is 32.1 Å². The lowest BCUT2D eigenvalue weighted by Crippen LogP contribution is -2.11. The van der Waals surface area contributed by atoms with Crippen LogP contribution in [0, 0.1) is 0 Å². The Balaban J connectivity index is 3.59. The smallest absolute Gasteiger partial charge is 0.341 e. The minimum atomic E-state index is -1.15. The van der Waals surface area contributed by atoms with Crippen LogP contribution >= 0.6 is 0 Å². The van der Waals surface area contributed by atoms with Crippen LogP contribution in [-0.2, 0) is 14.3 Å². The highest BCUT2D eigenvalue weighted by Gasteiger charge is 2.02. The molecule has 0 aromatic carbocycles. The van der Waals surface area contributed by atoms with E-state index in [2.05, 4.69) is 54.2 Å². The fourth-order valence-electron chi connectivity index (χ4n) is 1.63. The molecule has 4 heteroatoms. The van der Waals surface area contributed by atoms with E-state index in [-0.39, 0.29) is 6.42 Å². The van der Waals surface area contributed by atoms with Gasteiger partial charge in [-0.15, -0.1) is 0 Å². The van der Waals surface area contributed by atoms with E-state index < -0.39 is 18.5 Å². The first kappa shape index (κ1) is 21.6. The van der Waals surface area contributed by atoms with Gasteiger partial charge in [-0.3, -0.25) is 4.79 Å². The maximum absolute atomic E-state index is 11.1. The zero-order valence-electron chi connectivity index (χ0n) is 14.4. The Morgan fingerprint density at radius 2 is 1.17 bits per heavy atom. The lowest BCUT2D eigenvalue weighted by molar-refractivity contribution is -0.154. The van der Waals surface area contributed by atoms with Gasteiger partial charge >= 0.3 is 11.9 Å². The molecular weight excluding hydrogens is 304 g/mol. The Hall–Kier alpha value is -2.36. The van der Waals surface area contributed by atoms with E-state index in [9.17, 15) is 9.59 Å². The number of carbonyl (C=O) groups excluding carboxylic acids is 1. The molecule has 0 unspecified atom stereocenters. The van der Waals surface area contributed by atoms with Gasteiger partial charge in [-0.25, -0.2) is 4.79 Å². The molecular formula is C20H28O4. The predicted octanol–water partition coefficient (Wildman–Crippen LogP) is 4.76. The second-order valence-corrected chi connectivity index (χ2v) is 4.97. The molecule has 0 aromatic heterocycles. The molecule has 0 atom stereocenters. The van der Waals surface area contributed by atoms with Gasteiger partial charge in [0.25, 0.3) is 0 Å². The molecule has 0 saturated carbocycles. The second kappa shape index (κ2) is 17.0. The molecule has 0 bridgehead atoms. The maximum atomic E-state index is 11.1. The van der Waals surface area contributed by atoms with Crippen LogP contribution in [0.25, 0.3) is 0 Å². The average molecular weight is 332 g/mol. The minimum absolute atomic E-state index is 0.0980. The molecule has 0 amide bonds. The van der Waals surface area contributed by atoms with Crippen LogP contribution in [0.15, 0.2) is 60.8 Å². The Labute approximate surface area is 144 Å². The number of carboxylic acids is 1. The van der Waals surface area contributed by atoms with Gasteiger partial charge in [0.1, 0.15) is 0 Å². The molecule has 0 aliphatic carbocycles. The number of rotatable bonds is 13. The van der Waals surface area contributed by atoms with Gasteiger partial charge in [0.2, 0.25) is 0 Å². The van der Waals surface area contributed by atoms with Crippen molar-refractivity contribution in [2.24, 2.45) is 0 Å². The van der Waals surface area contributed by atoms with E-state index in [1.165, 1.54) is 0 Å². The van der Waals surface area contributed by atoms with Crippen molar-refractivity contribution >= 4 is 11.9 Å². The van der Waals surface area contributed by atoms with Crippen molar-refractivity contribution in [3.05, 3.63) is 60.8 Å². The largest absolute Gasteiger partial charge is 0.479 e. The molecule has 0 heterocycles. The molecule has 1 N–H and O–H groups in total. The highest BCUT2D eigenvalue weighted by molar-refractivity contribution is 5.76. The van der Waals surface area contributed by atoms with E-state index in [0.29, 0.717) is 0 Å². The maximum Gasteiger partial charge on any atom is 0.341 e. The first-order valence-electron chi connectivity index (χ1n) is 8.29. The van der Waals surface area contributed by atoms with Gasteiger partial charge in [-0.2, -0.15) is 0 Å². The van der Waals surface area contributed by atoms with Crippen molar-refractivity contribution < 1.29 is 19.4 Å². The highest BCUT2D eigenvalue weighted by atomic mass is 16.5. The van der Waals surface area contributed by atoms with E-state index in [1.807, 2.05) is 12.2 Å². The summed E-state index contributed by atoms with van der Waals surface area (Å²) in [6, 6.07) is 0. The molecule has 0 radical (unpaired) electrons. The van der Waals surface area contributed by atoms with Crippen molar-refractivity contribution in [3.63, 3.8) is 0 Å². The van der Waals surface area contributed by atoms with E-state index in [4.69, 9.17) is 5.11 Å². The fraction of sp³-hybridized carbons (Fsp3) is 0.400. The van der Waals surface area contributed by atoms with Crippen LogP contribution in [-0.4, -0.2) is 23.7 Å². The van der Waals surface area contributed by atoms with E-state index >= 15 is 0 Å². The van der Waals surface area contributed by atoms with Crippen molar-refractivity contribution in [2.45, 2.75) is 45.4 Å². The molecule has 0 fully saturated rings.